The number of carboxylic acids is 1. The first-order valence-electron chi connectivity index (χ1n) is 4.80. The van der Waals surface area contributed by atoms with Crippen LogP contribution < -0.4 is 0 Å². The van der Waals surface area contributed by atoms with E-state index in [4.69, 9.17) is 10.2 Å². The summed E-state index contributed by atoms with van der Waals surface area (Å²) in [6, 6.07) is 8.21. The second kappa shape index (κ2) is 3.73. The van der Waals surface area contributed by atoms with E-state index in [0.717, 1.165) is 11.3 Å². The number of hydrogen-bond donors (Lipinski definition) is 3. The monoisotopic (exact) mass is 217 g/mol. The van der Waals surface area contributed by atoms with Crippen molar-refractivity contribution < 1.29 is 15.0 Å². The highest BCUT2D eigenvalue weighted by Crippen LogP contribution is 2.26. The van der Waals surface area contributed by atoms with Crippen molar-refractivity contribution in [1.82, 2.24) is 4.98 Å². The van der Waals surface area contributed by atoms with E-state index >= 15 is 0 Å². The van der Waals surface area contributed by atoms with Gasteiger partial charge in [-0.3, -0.25) is 0 Å². The number of nitrogens with one attached hydrogen (secondary N) is 1. The third-order valence-electron chi connectivity index (χ3n) is 2.34. The fourth-order valence-corrected chi connectivity index (χ4v) is 1.63. The summed E-state index contributed by atoms with van der Waals surface area (Å²) in [5.74, 6) is -0.830. The van der Waals surface area contributed by atoms with Gasteiger partial charge < -0.3 is 15.2 Å². The van der Waals surface area contributed by atoms with E-state index in [9.17, 15) is 4.79 Å². The van der Waals surface area contributed by atoms with Crippen molar-refractivity contribution in [2.45, 2.75) is 6.92 Å². The maximum absolute atomic E-state index is 11.0. The van der Waals surface area contributed by atoms with E-state index in [-0.39, 0.29) is 11.4 Å². The third-order valence-corrected chi connectivity index (χ3v) is 2.34. The van der Waals surface area contributed by atoms with Crippen molar-refractivity contribution in [2.75, 3.05) is 0 Å². The number of aromatic amines is 1. The summed E-state index contributed by atoms with van der Waals surface area (Å²) in [6.07, 6.45) is 0. The van der Waals surface area contributed by atoms with E-state index in [0.29, 0.717) is 5.56 Å². The molecule has 1 aromatic carbocycles. The minimum atomic E-state index is -0.990. The van der Waals surface area contributed by atoms with Gasteiger partial charge in [0.1, 0.15) is 11.4 Å². The summed E-state index contributed by atoms with van der Waals surface area (Å²) in [5.41, 5.74) is 2.35. The molecule has 1 heterocycles. The van der Waals surface area contributed by atoms with Crippen LogP contribution in [0.5, 0.6) is 5.75 Å². The number of carbonyl (C=O) groups is 1. The Morgan fingerprint density at radius 3 is 2.44 bits per heavy atom. The number of aromatic carboxylic acids is 1. The van der Waals surface area contributed by atoms with Gasteiger partial charge >= 0.3 is 5.97 Å². The lowest BCUT2D eigenvalue weighted by molar-refractivity contribution is 0.0692. The Labute approximate surface area is 92.2 Å². The molecule has 0 saturated heterocycles. The molecule has 0 amide bonds. The first-order valence-corrected chi connectivity index (χ1v) is 4.80. The maximum atomic E-state index is 11.0. The number of aryl methyl sites for hydroxylation is 1. The van der Waals surface area contributed by atoms with Gasteiger partial charge in [-0.05, 0) is 30.7 Å². The molecule has 0 fully saturated rings. The molecule has 0 atom stereocenters. The summed E-state index contributed by atoms with van der Waals surface area (Å²) >= 11 is 0. The van der Waals surface area contributed by atoms with Gasteiger partial charge in [0.05, 0.1) is 0 Å². The topological polar surface area (TPSA) is 73.3 Å². The van der Waals surface area contributed by atoms with Crippen molar-refractivity contribution in [3.63, 3.8) is 0 Å². The van der Waals surface area contributed by atoms with Crippen molar-refractivity contribution in [1.29, 1.82) is 0 Å². The number of carboxylic acid groups (broad SMARTS) is 1. The molecule has 0 bridgehead atoms. The van der Waals surface area contributed by atoms with Crippen molar-refractivity contribution >= 4 is 5.97 Å². The van der Waals surface area contributed by atoms with E-state index < -0.39 is 5.97 Å². The van der Waals surface area contributed by atoms with Gasteiger partial charge in [-0.2, -0.15) is 0 Å². The summed E-state index contributed by atoms with van der Waals surface area (Å²) in [7, 11) is 0. The molecule has 2 aromatic rings. The van der Waals surface area contributed by atoms with Gasteiger partial charge in [-0.15, -0.1) is 0 Å². The Balaban J connectivity index is 2.55. The predicted molar refractivity (Wildman–Crippen MR) is 59.6 cm³/mol. The van der Waals surface area contributed by atoms with Crippen molar-refractivity contribution in [2.24, 2.45) is 0 Å². The average Bonchev–Trinajstić information content (AvgIpc) is 2.61. The number of benzene rings is 1. The predicted octanol–water partition coefficient (Wildman–Crippen LogP) is 2.39. The van der Waals surface area contributed by atoms with Crippen LogP contribution in [0.2, 0.25) is 0 Å². The Morgan fingerprint density at radius 2 is 1.88 bits per heavy atom. The summed E-state index contributed by atoms with van der Waals surface area (Å²) in [4.78, 5) is 13.8. The highest BCUT2D eigenvalue weighted by molar-refractivity contribution is 5.94. The molecule has 4 nitrogen and oxygen atoms in total. The van der Waals surface area contributed by atoms with E-state index in [1.807, 2.05) is 0 Å². The largest absolute Gasteiger partial charge is 0.508 e. The zero-order valence-corrected chi connectivity index (χ0v) is 8.69. The number of aromatic nitrogens is 1. The lowest BCUT2D eigenvalue weighted by Gasteiger charge is -2.00. The zero-order chi connectivity index (χ0) is 11.7. The van der Waals surface area contributed by atoms with Gasteiger partial charge in [0, 0.05) is 11.3 Å². The Hall–Kier alpha value is -2.23. The van der Waals surface area contributed by atoms with Crippen molar-refractivity contribution in [3.8, 4) is 16.9 Å². The fourth-order valence-electron chi connectivity index (χ4n) is 1.63. The first kappa shape index (κ1) is 10.3. The molecular formula is C12H11NO3. The van der Waals surface area contributed by atoms with Gasteiger partial charge in [-0.25, -0.2) is 4.79 Å². The van der Waals surface area contributed by atoms with E-state index in [1.54, 1.807) is 25.1 Å². The number of aromatic hydroxyl groups is 1. The highest BCUT2D eigenvalue weighted by Gasteiger charge is 2.14. The quantitative estimate of drug-likeness (QED) is 0.723. The lowest BCUT2D eigenvalue weighted by atomic mass is 10.1. The second-order valence-electron chi connectivity index (χ2n) is 3.59. The lowest BCUT2D eigenvalue weighted by Crippen LogP contribution is -1.98. The molecule has 0 spiro atoms. The molecule has 2 rings (SSSR count). The molecule has 1 aromatic heterocycles. The molecule has 0 aliphatic rings. The van der Waals surface area contributed by atoms with Crippen molar-refractivity contribution in [3.05, 3.63) is 41.7 Å². The summed E-state index contributed by atoms with van der Waals surface area (Å²) in [6.45, 7) is 1.80. The molecule has 82 valence electrons. The van der Waals surface area contributed by atoms with Gasteiger partial charge in [0.2, 0.25) is 0 Å². The minimum Gasteiger partial charge on any atom is -0.508 e. The van der Waals surface area contributed by atoms with Crippen LogP contribution >= 0.6 is 0 Å². The van der Waals surface area contributed by atoms with Gasteiger partial charge in [-0.1, -0.05) is 12.1 Å². The van der Waals surface area contributed by atoms with Gasteiger partial charge in [0.15, 0.2) is 0 Å². The number of H-pyrrole nitrogens is 1. The van der Waals surface area contributed by atoms with Gasteiger partial charge in [0.25, 0.3) is 0 Å². The van der Waals surface area contributed by atoms with Crippen LogP contribution in [0.15, 0.2) is 30.3 Å². The maximum Gasteiger partial charge on any atom is 0.352 e. The normalized spacial score (nSPS) is 10.3. The van der Waals surface area contributed by atoms with Crippen LogP contribution in [0.25, 0.3) is 11.1 Å². The number of phenolic OH excluding ortho intramolecular Hbond substituents is 1. The molecular weight excluding hydrogens is 206 g/mol. The molecule has 0 aliphatic heterocycles. The number of hydrogen-bond acceptors (Lipinski definition) is 2. The summed E-state index contributed by atoms with van der Waals surface area (Å²) < 4.78 is 0. The third kappa shape index (κ3) is 1.77. The van der Waals surface area contributed by atoms with E-state index in [1.165, 1.54) is 12.1 Å². The Bertz CT molecular complexity index is 526. The molecule has 4 heteroatoms. The van der Waals surface area contributed by atoms with Crippen LogP contribution in [-0.4, -0.2) is 21.2 Å². The number of rotatable bonds is 2. The molecule has 0 radical (unpaired) electrons. The van der Waals surface area contributed by atoms with Crippen LogP contribution in [0.4, 0.5) is 0 Å². The molecule has 3 N–H and O–H groups in total. The molecule has 0 unspecified atom stereocenters. The zero-order valence-electron chi connectivity index (χ0n) is 8.69. The van der Waals surface area contributed by atoms with Crippen LogP contribution in [0.1, 0.15) is 16.2 Å². The summed E-state index contributed by atoms with van der Waals surface area (Å²) in [5, 5.41) is 18.2. The molecule has 0 saturated carbocycles. The average molecular weight is 217 g/mol. The SMILES string of the molecule is Cc1cc(-c2ccc(O)cc2)c(C(=O)O)[nH]1. The van der Waals surface area contributed by atoms with Crippen LogP contribution in [0, 0.1) is 6.92 Å². The first-order chi connectivity index (χ1) is 7.58. The second-order valence-corrected chi connectivity index (χ2v) is 3.59. The highest BCUT2D eigenvalue weighted by atomic mass is 16.4. The Kier molecular flexibility index (Phi) is 2.40. The molecule has 16 heavy (non-hydrogen) atoms. The fraction of sp³-hybridized carbons (Fsp3) is 0.0833. The number of phenols is 1. The minimum absolute atomic E-state index is 0.160. The van der Waals surface area contributed by atoms with E-state index in [2.05, 4.69) is 4.98 Å². The molecule has 0 aliphatic carbocycles. The Morgan fingerprint density at radius 1 is 1.25 bits per heavy atom. The smallest absolute Gasteiger partial charge is 0.352 e. The standard InChI is InChI=1S/C12H11NO3/c1-7-6-10(11(13-7)12(15)16)8-2-4-9(14)5-3-8/h2-6,13-14H,1H3,(H,15,16). The van der Waals surface area contributed by atoms with Crippen LogP contribution in [0.3, 0.4) is 0 Å². The van der Waals surface area contributed by atoms with Crippen LogP contribution in [-0.2, 0) is 0 Å².